The number of aliphatic hydroxyl groups is 1. The van der Waals surface area contributed by atoms with Crippen LogP contribution in [-0.2, 0) is 0 Å². The quantitative estimate of drug-likeness (QED) is 0.447. The molecule has 0 aromatic heterocycles. The van der Waals surface area contributed by atoms with Gasteiger partial charge in [-0.2, -0.15) is 0 Å². The molecule has 2 aromatic carbocycles. The number of ether oxygens (including phenoxy) is 1. The Kier molecular flexibility index (Phi) is 6.00. The molecule has 2 N–H and O–H groups in total. The van der Waals surface area contributed by atoms with E-state index in [1.54, 1.807) is 6.07 Å². The van der Waals surface area contributed by atoms with Crippen LogP contribution in [0.2, 0.25) is 0 Å². The first-order chi connectivity index (χ1) is 11.4. The smallest absolute Gasteiger partial charge is 0.275 e. The first kappa shape index (κ1) is 18.0. The van der Waals surface area contributed by atoms with Crippen LogP contribution in [0.5, 0.6) is 11.5 Å². The number of non-ortho nitro benzene ring substituents is 1. The van der Waals surface area contributed by atoms with Crippen LogP contribution in [0, 0.1) is 24.0 Å². The monoisotopic (exact) mass is 350 g/mol. The van der Waals surface area contributed by atoms with Gasteiger partial charge < -0.3 is 15.2 Å². The Morgan fingerprint density at radius 3 is 2.38 bits per heavy atom. The van der Waals surface area contributed by atoms with E-state index < -0.39 is 11.0 Å². The van der Waals surface area contributed by atoms with Crippen molar-refractivity contribution in [2.75, 3.05) is 17.7 Å². The Bertz CT molecular complexity index is 716. The van der Waals surface area contributed by atoms with Crippen LogP contribution in [0.3, 0.4) is 0 Å². The van der Waals surface area contributed by atoms with Gasteiger partial charge in [0.25, 0.3) is 5.69 Å². The van der Waals surface area contributed by atoms with E-state index in [0.29, 0.717) is 17.2 Å². The summed E-state index contributed by atoms with van der Waals surface area (Å²) in [5, 5.41) is 23.5. The molecule has 0 saturated heterocycles. The molecule has 0 spiro atoms. The SMILES string of the molecule is Cc1cc(C)cc(Oc2cc(NCC(O)CCl)cc([N+](=O)[O-])c2)c1. The van der Waals surface area contributed by atoms with Gasteiger partial charge in [-0.05, 0) is 37.1 Å². The summed E-state index contributed by atoms with van der Waals surface area (Å²) in [7, 11) is 0. The highest BCUT2D eigenvalue weighted by atomic mass is 35.5. The summed E-state index contributed by atoms with van der Waals surface area (Å²) in [5.74, 6) is 1.03. The van der Waals surface area contributed by atoms with Crippen LogP contribution < -0.4 is 10.1 Å². The summed E-state index contributed by atoms with van der Waals surface area (Å²) in [6, 6.07) is 10.1. The fourth-order valence-electron chi connectivity index (χ4n) is 2.27. The van der Waals surface area contributed by atoms with Gasteiger partial charge in [0.15, 0.2) is 0 Å². The summed E-state index contributed by atoms with van der Waals surface area (Å²) in [6.45, 7) is 4.09. The van der Waals surface area contributed by atoms with Crippen molar-refractivity contribution in [1.82, 2.24) is 0 Å². The van der Waals surface area contributed by atoms with Crippen molar-refractivity contribution in [2.45, 2.75) is 20.0 Å². The number of aryl methyl sites for hydroxylation is 2. The van der Waals surface area contributed by atoms with Crippen molar-refractivity contribution in [2.24, 2.45) is 0 Å². The number of hydrogen-bond donors (Lipinski definition) is 2. The number of nitro groups is 1. The Morgan fingerprint density at radius 1 is 1.17 bits per heavy atom. The molecule has 2 rings (SSSR count). The Balaban J connectivity index is 2.27. The molecule has 1 atom stereocenters. The van der Waals surface area contributed by atoms with Crippen molar-refractivity contribution >= 4 is 23.0 Å². The second-order valence-electron chi connectivity index (χ2n) is 5.59. The van der Waals surface area contributed by atoms with Gasteiger partial charge in [-0.15, -0.1) is 11.6 Å². The lowest BCUT2D eigenvalue weighted by Gasteiger charge is -2.12. The maximum Gasteiger partial charge on any atom is 0.275 e. The predicted octanol–water partition coefficient (Wildman–Crippen LogP) is 4.02. The van der Waals surface area contributed by atoms with Gasteiger partial charge in [0.2, 0.25) is 0 Å². The fraction of sp³-hybridized carbons (Fsp3) is 0.294. The highest BCUT2D eigenvalue weighted by Crippen LogP contribution is 2.30. The van der Waals surface area contributed by atoms with E-state index in [0.717, 1.165) is 11.1 Å². The normalized spacial score (nSPS) is 11.8. The average Bonchev–Trinajstić information content (AvgIpc) is 2.51. The van der Waals surface area contributed by atoms with Crippen molar-refractivity contribution in [1.29, 1.82) is 0 Å². The van der Waals surface area contributed by atoms with Crippen LogP contribution in [0.1, 0.15) is 11.1 Å². The number of aliphatic hydroxyl groups excluding tert-OH is 1. The molecule has 0 radical (unpaired) electrons. The highest BCUT2D eigenvalue weighted by molar-refractivity contribution is 6.18. The molecule has 0 aliphatic carbocycles. The molecular weight excluding hydrogens is 332 g/mol. The van der Waals surface area contributed by atoms with Gasteiger partial charge in [-0.25, -0.2) is 0 Å². The predicted molar refractivity (Wildman–Crippen MR) is 94.3 cm³/mol. The van der Waals surface area contributed by atoms with Crippen molar-refractivity contribution in [3.63, 3.8) is 0 Å². The number of benzene rings is 2. The van der Waals surface area contributed by atoms with E-state index in [9.17, 15) is 15.2 Å². The van der Waals surface area contributed by atoms with Gasteiger partial charge in [0, 0.05) is 24.4 Å². The van der Waals surface area contributed by atoms with Crippen LogP contribution in [0.15, 0.2) is 36.4 Å². The molecule has 0 fully saturated rings. The molecule has 0 bridgehead atoms. The van der Waals surface area contributed by atoms with Crippen molar-refractivity contribution in [3.8, 4) is 11.5 Å². The molecular formula is C17H19ClN2O4. The Hall–Kier alpha value is -2.31. The largest absolute Gasteiger partial charge is 0.457 e. The molecule has 6 nitrogen and oxygen atoms in total. The van der Waals surface area contributed by atoms with Crippen LogP contribution in [-0.4, -0.2) is 28.6 Å². The molecule has 7 heteroatoms. The van der Waals surface area contributed by atoms with Crippen molar-refractivity contribution < 1.29 is 14.8 Å². The minimum Gasteiger partial charge on any atom is -0.457 e. The van der Waals surface area contributed by atoms with Crippen LogP contribution >= 0.6 is 11.6 Å². The Morgan fingerprint density at radius 2 is 1.79 bits per heavy atom. The number of hydrogen-bond acceptors (Lipinski definition) is 5. The van der Waals surface area contributed by atoms with Gasteiger partial charge in [-0.1, -0.05) is 6.07 Å². The first-order valence-corrected chi connectivity index (χ1v) is 7.94. The van der Waals surface area contributed by atoms with Crippen LogP contribution in [0.25, 0.3) is 0 Å². The maximum absolute atomic E-state index is 11.1. The third-order valence-corrected chi connectivity index (χ3v) is 3.61. The van der Waals surface area contributed by atoms with E-state index in [1.165, 1.54) is 12.1 Å². The van der Waals surface area contributed by atoms with Gasteiger partial charge in [0.1, 0.15) is 11.5 Å². The topological polar surface area (TPSA) is 84.6 Å². The molecule has 0 saturated carbocycles. The summed E-state index contributed by atoms with van der Waals surface area (Å²) in [4.78, 5) is 10.6. The third-order valence-electron chi connectivity index (χ3n) is 3.25. The molecule has 0 aliphatic heterocycles. The third kappa shape index (κ3) is 5.11. The van der Waals surface area contributed by atoms with E-state index in [4.69, 9.17) is 16.3 Å². The summed E-state index contributed by atoms with van der Waals surface area (Å²) >= 11 is 5.55. The van der Waals surface area contributed by atoms with E-state index in [-0.39, 0.29) is 18.1 Å². The van der Waals surface area contributed by atoms with Gasteiger partial charge in [0.05, 0.1) is 23.0 Å². The first-order valence-electron chi connectivity index (χ1n) is 7.41. The van der Waals surface area contributed by atoms with Crippen LogP contribution in [0.4, 0.5) is 11.4 Å². The summed E-state index contributed by atoms with van der Waals surface area (Å²) in [6.07, 6.45) is -0.741. The fourth-order valence-corrected chi connectivity index (χ4v) is 2.38. The zero-order valence-electron chi connectivity index (χ0n) is 13.5. The van der Waals surface area contributed by atoms with E-state index in [1.807, 2.05) is 32.0 Å². The standard InChI is InChI=1S/C17H19ClN2O4/c1-11-3-12(2)5-16(4-11)24-17-7-13(19-10-15(21)9-18)6-14(8-17)20(22)23/h3-8,15,19,21H,9-10H2,1-2H3. The van der Waals surface area contributed by atoms with Gasteiger partial charge in [-0.3, -0.25) is 10.1 Å². The van der Waals surface area contributed by atoms with Gasteiger partial charge >= 0.3 is 0 Å². The minimum atomic E-state index is -0.741. The Labute approximate surface area is 145 Å². The molecule has 1 unspecified atom stereocenters. The number of halogens is 1. The number of nitrogens with zero attached hydrogens (tertiary/aromatic N) is 1. The molecule has 0 amide bonds. The number of rotatable bonds is 7. The maximum atomic E-state index is 11.1. The van der Waals surface area contributed by atoms with E-state index in [2.05, 4.69) is 5.32 Å². The summed E-state index contributed by atoms with van der Waals surface area (Å²) in [5.41, 5.74) is 2.46. The lowest BCUT2D eigenvalue weighted by Crippen LogP contribution is -2.20. The highest BCUT2D eigenvalue weighted by Gasteiger charge is 2.12. The number of alkyl halides is 1. The van der Waals surface area contributed by atoms with E-state index >= 15 is 0 Å². The molecule has 24 heavy (non-hydrogen) atoms. The summed E-state index contributed by atoms with van der Waals surface area (Å²) < 4.78 is 5.77. The number of anilines is 1. The number of nitrogens with one attached hydrogen (secondary N) is 1. The number of nitro benzene ring substituents is 1. The van der Waals surface area contributed by atoms with Crippen molar-refractivity contribution in [3.05, 3.63) is 57.6 Å². The lowest BCUT2D eigenvalue weighted by atomic mass is 10.1. The minimum absolute atomic E-state index is 0.0772. The second kappa shape index (κ2) is 7.99. The zero-order valence-corrected chi connectivity index (χ0v) is 14.2. The average molecular weight is 351 g/mol. The lowest BCUT2D eigenvalue weighted by molar-refractivity contribution is -0.384. The zero-order chi connectivity index (χ0) is 17.7. The molecule has 2 aromatic rings. The molecule has 0 heterocycles. The molecule has 128 valence electrons. The second-order valence-corrected chi connectivity index (χ2v) is 5.90. The molecule has 0 aliphatic rings.